The SMILES string of the molecule is Cc1ccccc1NCCCCC(=O)NOF. The van der Waals surface area contributed by atoms with Gasteiger partial charge in [0.2, 0.25) is 5.91 Å². The minimum Gasteiger partial charge on any atom is -0.385 e. The van der Waals surface area contributed by atoms with Crippen LogP contribution in [0.3, 0.4) is 0 Å². The molecule has 5 heteroatoms. The molecule has 0 unspecified atom stereocenters. The smallest absolute Gasteiger partial charge is 0.246 e. The lowest BCUT2D eigenvalue weighted by atomic mass is 10.2. The third-order valence-electron chi connectivity index (χ3n) is 2.44. The molecule has 0 aliphatic carbocycles. The van der Waals surface area contributed by atoms with Gasteiger partial charge in [0.05, 0.1) is 0 Å². The first-order valence-electron chi connectivity index (χ1n) is 5.60. The van der Waals surface area contributed by atoms with Gasteiger partial charge < -0.3 is 5.32 Å². The van der Waals surface area contributed by atoms with Crippen LogP contribution in [0.25, 0.3) is 0 Å². The number of carbonyl (C=O) groups is 1. The van der Waals surface area contributed by atoms with Crippen molar-refractivity contribution in [2.24, 2.45) is 0 Å². The molecule has 2 N–H and O–H groups in total. The number of anilines is 1. The number of nitrogens with one attached hydrogen (secondary N) is 2. The number of aryl methyl sites for hydroxylation is 1. The van der Waals surface area contributed by atoms with E-state index in [1.807, 2.05) is 31.2 Å². The van der Waals surface area contributed by atoms with Crippen LogP contribution < -0.4 is 10.8 Å². The summed E-state index contributed by atoms with van der Waals surface area (Å²) in [6.07, 6.45) is 1.79. The summed E-state index contributed by atoms with van der Waals surface area (Å²) >= 11 is 0. The molecule has 94 valence electrons. The summed E-state index contributed by atoms with van der Waals surface area (Å²) in [5.74, 6) is -0.441. The molecule has 1 rings (SSSR count). The number of hydroxylamine groups is 1. The van der Waals surface area contributed by atoms with E-state index in [0.29, 0.717) is 6.42 Å². The van der Waals surface area contributed by atoms with Crippen molar-refractivity contribution in [2.75, 3.05) is 11.9 Å². The second-order valence-corrected chi connectivity index (χ2v) is 3.80. The summed E-state index contributed by atoms with van der Waals surface area (Å²) < 4.78 is 11.2. The van der Waals surface area contributed by atoms with E-state index in [0.717, 1.165) is 18.7 Å². The highest BCUT2D eigenvalue weighted by Gasteiger charge is 2.00. The van der Waals surface area contributed by atoms with Crippen molar-refractivity contribution in [3.8, 4) is 0 Å². The Kier molecular flexibility index (Phi) is 6.03. The molecule has 0 aromatic heterocycles. The molecule has 0 aliphatic rings. The fourth-order valence-electron chi connectivity index (χ4n) is 1.50. The first kappa shape index (κ1) is 13.4. The highest BCUT2D eigenvalue weighted by Crippen LogP contribution is 2.13. The van der Waals surface area contributed by atoms with Gasteiger partial charge in [0.15, 0.2) is 0 Å². The quantitative estimate of drug-likeness (QED) is 0.568. The van der Waals surface area contributed by atoms with E-state index in [4.69, 9.17) is 0 Å². The maximum atomic E-state index is 11.2. The molecule has 0 aliphatic heterocycles. The van der Waals surface area contributed by atoms with Crippen LogP contribution in [0.1, 0.15) is 24.8 Å². The molecule has 1 aromatic rings. The van der Waals surface area contributed by atoms with Crippen LogP contribution in [-0.2, 0) is 9.84 Å². The first-order valence-corrected chi connectivity index (χ1v) is 5.60. The van der Waals surface area contributed by atoms with Crippen LogP contribution in [0.15, 0.2) is 24.3 Å². The number of unbranched alkanes of at least 4 members (excludes halogenated alkanes) is 1. The molecule has 0 saturated carbocycles. The van der Waals surface area contributed by atoms with Crippen LogP contribution in [0.2, 0.25) is 0 Å². The van der Waals surface area contributed by atoms with Crippen LogP contribution in [0.4, 0.5) is 10.2 Å². The van der Waals surface area contributed by atoms with Crippen molar-refractivity contribution >= 4 is 11.6 Å². The standard InChI is InChI=1S/C12H17FN2O2/c1-10-6-2-3-7-11(10)14-9-5-4-8-12(16)15-17-13/h2-3,6-7,14H,4-5,8-9H2,1H3,(H,15,16). The number of carbonyl (C=O) groups excluding carboxylic acids is 1. The largest absolute Gasteiger partial charge is 0.385 e. The van der Waals surface area contributed by atoms with Gasteiger partial charge in [-0.3, -0.25) is 4.79 Å². The minimum atomic E-state index is -0.441. The predicted molar refractivity (Wildman–Crippen MR) is 63.9 cm³/mol. The Bertz CT molecular complexity index is 358. The lowest BCUT2D eigenvalue weighted by Crippen LogP contribution is -2.19. The van der Waals surface area contributed by atoms with E-state index < -0.39 is 5.91 Å². The van der Waals surface area contributed by atoms with Crippen LogP contribution >= 0.6 is 0 Å². The van der Waals surface area contributed by atoms with Crippen LogP contribution in [0.5, 0.6) is 0 Å². The minimum absolute atomic E-state index is 0.263. The maximum absolute atomic E-state index is 11.2. The summed E-state index contributed by atoms with van der Waals surface area (Å²) in [5, 5.41) is 6.31. The van der Waals surface area contributed by atoms with E-state index >= 15 is 0 Å². The van der Waals surface area contributed by atoms with Gasteiger partial charge >= 0.3 is 0 Å². The molecule has 1 amide bonds. The zero-order chi connectivity index (χ0) is 12.5. The van der Waals surface area contributed by atoms with Gasteiger partial charge in [-0.1, -0.05) is 23.2 Å². The number of amides is 1. The Morgan fingerprint density at radius 2 is 2.12 bits per heavy atom. The van der Waals surface area contributed by atoms with Crippen molar-refractivity contribution < 1.29 is 14.4 Å². The monoisotopic (exact) mass is 240 g/mol. The number of halogens is 1. The Balaban J connectivity index is 2.13. The molecule has 0 atom stereocenters. The van der Waals surface area contributed by atoms with E-state index in [1.165, 1.54) is 5.56 Å². The van der Waals surface area contributed by atoms with Gasteiger partial charge in [0, 0.05) is 18.7 Å². The Morgan fingerprint density at radius 3 is 2.82 bits per heavy atom. The van der Waals surface area contributed by atoms with Crippen molar-refractivity contribution in [3.05, 3.63) is 29.8 Å². The van der Waals surface area contributed by atoms with E-state index in [-0.39, 0.29) is 6.42 Å². The van der Waals surface area contributed by atoms with E-state index in [2.05, 4.69) is 10.4 Å². The van der Waals surface area contributed by atoms with Gasteiger partial charge in [0.1, 0.15) is 0 Å². The summed E-state index contributed by atoms with van der Waals surface area (Å²) in [7, 11) is 0. The third-order valence-corrected chi connectivity index (χ3v) is 2.44. The molecule has 0 spiro atoms. The van der Waals surface area contributed by atoms with Crippen molar-refractivity contribution in [2.45, 2.75) is 26.2 Å². The average Bonchev–Trinajstić information content (AvgIpc) is 2.31. The van der Waals surface area contributed by atoms with E-state index in [1.54, 1.807) is 5.48 Å². The third kappa shape index (κ3) is 5.31. The first-order chi connectivity index (χ1) is 8.24. The topological polar surface area (TPSA) is 50.4 Å². The normalized spacial score (nSPS) is 10.0. The lowest BCUT2D eigenvalue weighted by Gasteiger charge is -2.08. The van der Waals surface area contributed by atoms with Crippen molar-refractivity contribution in [1.82, 2.24) is 5.48 Å². The molecule has 0 saturated heterocycles. The molecule has 0 radical (unpaired) electrons. The Labute approximate surface area is 100 Å². The Morgan fingerprint density at radius 1 is 1.35 bits per heavy atom. The number of para-hydroxylation sites is 1. The van der Waals surface area contributed by atoms with Gasteiger partial charge in [-0.2, -0.15) is 5.48 Å². The molecular formula is C12H17FN2O2. The zero-order valence-corrected chi connectivity index (χ0v) is 9.83. The van der Waals surface area contributed by atoms with Crippen molar-refractivity contribution in [1.29, 1.82) is 0 Å². The Hall–Kier alpha value is -1.62. The lowest BCUT2D eigenvalue weighted by molar-refractivity contribution is -0.198. The number of rotatable bonds is 7. The molecule has 1 aromatic carbocycles. The number of hydrogen-bond donors (Lipinski definition) is 2. The summed E-state index contributed by atoms with van der Waals surface area (Å²) in [4.78, 5) is 10.8. The summed E-state index contributed by atoms with van der Waals surface area (Å²) in [6, 6.07) is 8.01. The molecule has 4 nitrogen and oxygen atoms in total. The highest BCUT2D eigenvalue weighted by molar-refractivity contribution is 5.74. The highest BCUT2D eigenvalue weighted by atomic mass is 19.3. The molecule has 0 heterocycles. The van der Waals surface area contributed by atoms with E-state index in [9.17, 15) is 9.32 Å². The molecule has 0 bridgehead atoms. The summed E-state index contributed by atoms with van der Waals surface area (Å²) in [6.45, 7) is 2.82. The predicted octanol–water partition coefficient (Wildman–Crippen LogP) is 2.51. The van der Waals surface area contributed by atoms with Gasteiger partial charge in [0.25, 0.3) is 0 Å². The second-order valence-electron chi connectivity index (χ2n) is 3.80. The second kappa shape index (κ2) is 7.62. The average molecular weight is 240 g/mol. The van der Waals surface area contributed by atoms with Crippen molar-refractivity contribution in [3.63, 3.8) is 0 Å². The molecule has 0 fully saturated rings. The molecule has 17 heavy (non-hydrogen) atoms. The zero-order valence-electron chi connectivity index (χ0n) is 9.83. The molecular weight excluding hydrogens is 223 g/mol. The van der Waals surface area contributed by atoms with Gasteiger partial charge in [-0.15, -0.1) is 0 Å². The number of benzene rings is 1. The fourth-order valence-corrected chi connectivity index (χ4v) is 1.50. The number of hydrogen-bond acceptors (Lipinski definition) is 3. The van der Waals surface area contributed by atoms with Gasteiger partial charge in [-0.05, 0) is 35.9 Å². The van der Waals surface area contributed by atoms with Crippen LogP contribution in [0, 0.1) is 6.92 Å². The maximum Gasteiger partial charge on any atom is 0.246 e. The van der Waals surface area contributed by atoms with Crippen LogP contribution in [-0.4, -0.2) is 12.5 Å². The van der Waals surface area contributed by atoms with Gasteiger partial charge in [-0.25, -0.2) is 0 Å². The summed E-state index contributed by atoms with van der Waals surface area (Å²) in [5.41, 5.74) is 3.93. The fraction of sp³-hybridized carbons (Fsp3) is 0.417.